The molecule has 0 bridgehead atoms. The van der Waals surface area contributed by atoms with E-state index in [1.807, 2.05) is 24.3 Å². The molecule has 1 aliphatic heterocycles. The molecule has 6 nitrogen and oxygen atoms in total. The van der Waals surface area contributed by atoms with Gasteiger partial charge in [0, 0.05) is 35.8 Å². The average molecular weight is 374 g/mol. The Labute approximate surface area is 158 Å². The van der Waals surface area contributed by atoms with Gasteiger partial charge in [0.1, 0.15) is 0 Å². The second-order valence-electron chi connectivity index (χ2n) is 7.06. The third kappa shape index (κ3) is 3.82. The van der Waals surface area contributed by atoms with Crippen molar-refractivity contribution in [3.8, 4) is 11.3 Å². The van der Waals surface area contributed by atoms with Gasteiger partial charge in [0.05, 0.1) is 25.1 Å². The number of halogens is 1. The molecule has 138 valence electrons. The summed E-state index contributed by atoms with van der Waals surface area (Å²) >= 11 is 5.97. The normalized spacial score (nSPS) is 20.2. The van der Waals surface area contributed by atoms with Crippen LogP contribution in [0.2, 0.25) is 5.02 Å². The highest BCUT2D eigenvalue weighted by atomic mass is 35.5. The maximum absolute atomic E-state index is 5.97. The second-order valence-corrected chi connectivity index (χ2v) is 7.49. The Morgan fingerprint density at radius 3 is 2.58 bits per heavy atom. The summed E-state index contributed by atoms with van der Waals surface area (Å²) in [6.07, 6.45) is 6.67. The highest BCUT2D eigenvalue weighted by molar-refractivity contribution is 6.30. The SMILES string of the molecule is Clc1ccc(-c2cnnc(NCC3(N4CCOCC4)CCCC3)n2)cc1. The predicted molar refractivity (Wildman–Crippen MR) is 102 cm³/mol. The molecular formula is C19H24ClN5O. The van der Waals surface area contributed by atoms with Crippen LogP contribution in [0.25, 0.3) is 11.3 Å². The van der Waals surface area contributed by atoms with Crippen LogP contribution >= 0.6 is 11.6 Å². The van der Waals surface area contributed by atoms with Gasteiger partial charge in [-0.2, -0.15) is 5.10 Å². The molecule has 2 fully saturated rings. The van der Waals surface area contributed by atoms with Crippen LogP contribution in [0.3, 0.4) is 0 Å². The van der Waals surface area contributed by atoms with Gasteiger partial charge in [-0.1, -0.05) is 36.6 Å². The predicted octanol–water partition coefficient (Wildman–Crippen LogP) is 3.25. The van der Waals surface area contributed by atoms with Crippen molar-refractivity contribution >= 4 is 17.5 Å². The van der Waals surface area contributed by atoms with Gasteiger partial charge in [-0.25, -0.2) is 4.98 Å². The van der Waals surface area contributed by atoms with Gasteiger partial charge >= 0.3 is 0 Å². The number of benzene rings is 1. The lowest BCUT2D eigenvalue weighted by atomic mass is 9.94. The van der Waals surface area contributed by atoms with E-state index in [9.17, 15) is 0 Å². The third-order valence-electron chi connectivity index (χ3n) is 5.49. The zero-order valence-electron chi connectivity index (χ0n) is 14.8. The Balaban J connectivity index is 1.48. The van der Waals surface area contributed by atoms with Crippen molar-refractivity contribution in [2.45, 2.75) is 31.2 Å². The highest BCUT2D eigenvalue weighted by Gasteiger charge is 2.40. The minimum Gasteiger partial charge on any atom is -0.379 e. The van der Waals surface area contributed by atoms with Crippen molar-refractivity contribution in [3.05, 3.63) is 35.5 Å². The van der Waals surface area contributed by atoms with Gasteiger partial charge in [0.15, 0.2) is 0 Å². The van der Waals surface area contributed by atoms with Crippen LogP contribution in [0.4, 0.5) is 5.95 Å². The van der Waals surface area contributed by atoms with E-state index < -0.39 is 0 Å². The van der Waals surface area contributed by atoms with E-state index in [1.54, 1.807) is 6.20 Å². The van der Waals surface area contributed by atoms with Crippen molar-refractivity contribution < 1.29 is 4.74 Å². The molecule has 1 saturated carbocycles. The lowest BCUT2D eigenvalue weighted by molar-refractivity contribution is -0.0160. The summed E-state index contributed by atoms with van der Waals surface area (Å²) < 4.78 is 5.53. The van der Waals surface area contributed by atoms with Crippen LogP contribution in [0.15, 0.2) is 30.5 Å². The maximum atomic E-state index is 5.97. The quantitative estimate of drug-likeness (QED) is 0.868. The van der Waals surface area contributed by atoms with Crippen LogP contribution in [-0.2, 0) is 4.74 Å². The zero-order chi connectivity index (χ0) is 17.8. The van der Waals surface area contributed by atoms with E-state index in [-0.39, 0.29) is 5.54 Å². The number of ether oxygens (including phenoxy) is 1. The minimum absolute atomic E-state index is 0.184. The van der Waals surface area contributed by atoms with Gasteiger partial charge in [-0.05, 0) is 25.0 Å². The summed E-state index contributed by atoms with van der Waals surface area (Å²) in [5, 5.41) is 12.5. The summed E-state index contributed by atoms with van der Waals surface area (Å²) in [5.41, 5.74) is 1.96. The van der Waals surface area contributed by atoms with Gasteiger partial charge in [-0.3, -0.25) is 4.90 Å². The first-order chi connectivity index (χ1) is 12.8. The lowest BCUT2D eigenvalue weighted by Gasteiger charge is -2.43. The van der Waals surface area contributed by atoms with Crippen molar-refractivity contribution in [3.63, 3.8) is 0 Å². The molecule has 0 amide bonds. The van der Waals surface area contributed by atoms with E-state index in [4.69, 9.17) is 16.3 Å². The van der Waals surface area contributed by atoms with Crippen LogP contribution < -0.4 is 5.32 Å². The summed E-state index contributed by atoms with van der Waals surface area (Å²) in [4.78, 5) is 7.23. The average Bonchev–Trinajstić information content (AvgIpc) is 3.18. The Morgan fingerprint density at radius 1 is 1.12 bits per heavy atom. The summed E-state index contributed by atoms with van der Waals surface area (Å²) in [7, 11) is 0. The van der Waals surface area contributed by atoms with Crippen molar-refractivity contribution in [2.24, 2.45) is 0 Å². The number of rotatable bonds is 5. The third-order valence-corrected chi connectivity index (χ3v) is 5.74. The van der Waals surface area contributed by atoms with Crippen LogP contribution in [0.1, 0.15) is 25.7 Å². The standard InChI is InChI=1S/C19H24ClN5O/c20-16-5-3-15(4-6-16)17-13-22-24-18(23-17)21-14-19(7-1-2-8-19)25-9-11-26-12-10-25/h3-6,13H,1-2,7-12,14H2,(H,21,23,24). The molecule has 0 atom stereocenters. The topological polar surface area (TPSA) is 63.2 Å². The van der Waals surface area contributed by atoms with Gasteiger partial charge in [0.2, 0.25) is 5.95 Å². The number of aromatic nitrogens is 3. The Hall–Kier alpha value is -1.76. The van der Waals surface area contributed by atoms with E-state index in [0.29, 0.717) is 11.0 Å². The molecule has 0 radical (unpaired) electrons. The van der Waals surface area contributed by atoms with Gasteiger partial charge < -0.3 is 10.1 Å². The number of nitrogens with one attached hydrogen (secondary N) is 1. The molecule has 2 aliphatic rings. The van der Waals surface area contributed by atoms with Crippen LogP contribution in [0, 0.1) is 0 Å². The fourth-order valence-electron chi connectivity index (χ4n) is 4.06. The molecule has 2 heterocycles. The largest absolute Gasteiger partial charge is 0.379 e. The molecule has 0 spiro atoms. The van der Waals surface area contributed by atoms with Gasteiger partial charge in [-0.15, -0.1) is 5.10 Å². The van der Waals surface area contributed by atoms with Gasteiger partial charge in [0.25, 0.3) is 0 Å². The summed E-state index contributed by atoms with van der Waals surface area (Å²) in [5.74, 6) is 0.581. The van der Waals surface area contributed by atoms with E-state index in [2.05, 4.69) is 25.4 Å². The molecule has 1 aliphatic carbocycles. The summed E-state index contributed by atoms with van der Waals surface area (Å²) in [6.45, 7) is 4.51. The second kappa shape index (κ2) is 7.86. The minimum atomic E-state index is 0.184. The maximum Gasteiger partial charge on any atom is 0.243 e. The Bertz CT molecular complexity index is 727. The number of nitrogens with zero attached hydrogens (tertiary/aromatic N) is 4. The van der Waals surface area contributed by atoms with Crippen LogP contribution in [-0.4, -0.2) is 58.5 Å². The molecule has 1 aromatic heterocycles. The zero-order valence-corrected chi connectivity index (χ0v) is 15.6. The first-order valence-electron chi connectivity index (χ1n) is 9.28. The number of hydrogen-bond acceptors (Lipinski definition) is 6. The molecule has 2 aromatic rings. The van der Waals surface area contributed by atoms with Crippen molar-refractivity contribution in [2.75, 3.05) is 38.2 Å². The highest BCUT2D eigenvalue weighted by Crippen LogP contribution is 2.36. The van der Waals surface area contributed by atoms with Crippen molar-refractivity contribution in [1.29, 1.82) is 0 Å². The monoisotopic (exact) mass is 373 g/mol. The summed E-state index contributed by atoms with van der Waals surface area (Å²) in [6, 6.07) is 7.61. The van der Waals surface area contributed by atoms with E-state index >= 15 is 0 Å². The fraction of sp³-hybridized carbons (Fsp3) is 0.526. The smallest absolute Gasteiger partial charge is 0.243 e. The number of hydrogen-bond donors (Lipinski definition) is 1. The number of morpholine rings is 1. The molecule has 1 saturated heterocycles. The molecule has 1 aromatic carbocycles. The lowest BCUT2D eigenvalue weighted by Crippen LogP contribution is -2.55. The van der Waals surface area contributed by atoms with Crippen LogP contribution in [0.5, 0.6) is 0 Å². The van der Waals surface area contributed by atoms with E-state index in [1.165, 1.54) is 25.7 Å². The first-order valence-corrected chi connectivity index (χ1v) is 9.65. The Morgan fingerprint density at radius 2 is 1.85 bits per heavy atom. The molecule has 7 heteroatoms. The number of anilines is 1. The molecule has 1 N–H and O–H groups in total. The van der Waals surface area contributed by atoms with E-state index in [0.717, 1.165) is 44.1 Å². The Kier molecular flexibility index (Phi) is 5.33. The molecule has 0 unspecified atom stereocenters. The molecule has 26 heavy (non-hydrogen) atoms. The first kappa shape index (κ1) is 17.6. The molecular weight excluding hydrogens is 350 g/mol. The molecule has 4 rings (SSSR count). The fourth-order valence-corrected chi connectivity index (χ4v) is 4.18. The van der Waals surface area contributed by atoms with Crippen molar-refractivity contribution in [1.82, 2.24) is 20.1 Å².